The van der Waals surface area contributed by atoms with E-state index in [4.69, 9.17) is 18.5 Å². The Labute approximate surface area is 320 Å². The maximum absolute atomic E-state index is 12.6. The van der Waals surface area contributed by atoms with E-state index in [1.54, 1.807) is 0 Å². The molecular weight excluding hydrogens is 677 g/mol. The lowest BCUT2D eigenvalue weighted by molar-refractivity contribution is -0.870. The number of likely N-dealkylation sites (N-methyl/N-ethyl adjacent to an activating group) is 1. The quantitative estimate of drug-likeness (QED) is 0.0200. The molecule has 0 aliphatic heterocycles. The van der Waals surface area contributed by atoms with Gasteiger partial charge in [-0.3, -0.25) is 14.2 Å². The molecule has 0 aromatic heterocycles. The number of ether oxygens (including phenoxy) is 2. The summed E-state index contributed by atoms with van der Waals surface area (Å²) >= 11 is 0. The number of carbonyl (C=O) groups excluding carboxylic acids is 2. The van der Waals surface area contributed by atoms with Gasteiger partial charge in [0, 0.05) is 12.8 Å². The molecule has 10 heteroatoms. The molecule has 0 radical (unpaired) electrons. The molecule has 0 rings (SSSR count). The van der Waals surface area contributed by atoms with Crippen LogP contribution in [0.2, 0.25) is 0 Å². The topological polar surface area (TPSA) is 111 Å². The molecule has 0 aliphatic rings. The van der Waals surface area contributed by atoms with Gasteiger partial charge in [0.2, 0.25) is 0 Å². The van der Waals surface area contributed by atoms with Crippen molar-refractivity contribution in [1.29, 1.82) is 0 Å². The third-order valence-corrected chi connectivity index (χ3v) is 10.2. The largest absolute Gasteiger partial charge is 0.756 e. The van der Waals surface area contributed by atoms with Crippen LogP contribution in [0, 0.1) is 0 Å². The van der Waals surface area contributed by atoms with Gasteiger partial charge in [-0.2, -0.15) is 0 Å². The first-order valence-electron chi connectivity index (χ1n) is 21.4. The lowest BCUT2D eigenvalue weighted by Gasteiger charge is -2.28. The van der Waals surface area contributed by atoms with Gasteiger partial charge in [0.1, 0.15) is 19.8 Å². The van der Waals surface area contributed by atoms with Gasteiger partial charge >= 0.3 is 11.9 Å². The number of quaternary nitrogens is 1. The SMILES string of the molecule is CCCCCCCC/C=C\CCCCCC(=O)OCC(COP(=O)([O-])OCC[N+](C)(C)C)OC(=O)CCCCCCCCCCCCCCCCC. The van der Waals surface area contributed by atoms with Crippen LogP contribution >= 0.6 is 7.82 Å². The Balaban J connectivity index is 4.37. The lowest BCUT2D eigenvalue weighted by atomic mass is 10.0. The minimum Gasteiger partial charge on any atom is -0.756 e. The minimum atomic E-state index is -4.62. The van der Waals surface area contributed by atoms with Gasteiger partial charge in [0.15, 0.2) is 6.10 Å². The normalized spacial score (nSPS) is 13.7. The van der Waals surface area contributed by atoms with Crippen molar-refractivity contribution in [3.05, 3.63) is 12.2 Å². The van der Waals surface area contributed by atoms with Gasteiger partial charge in [-0.1, -0.05) is 154 Å². The van der Waals surface area contributed by atoms with Gasteiger partial charge in [-0.25, -0.2) is 0 Å². The van der Waals surface area contributed by atoms with Gasteiger partial charge in [0.05, 0.1) is 27.7 Å². The molecule has 0 aromatic carbocycles. The third-order valence-electron chi connectivity index (χ3n) is 9.29. The molecule has 0 aliphatic carbocycles. The second-order valence-electron chi connectivity index (χ2n) is 15.7. The minimum absolute atomic E-state index is 0.0299. The van der Waals surface area contributed by atoms with E-state index in [1.807, 2.05) is 21.1 Å². The van der Waals surface area contributed by atoms with Gasteiger partial charge in [0.25, 0.3) is 7.82 Å². The number of phosphoric acid groups is 1. The van der Waals surface area contributed by atoms with Crippen LogP contribution in [0.1, 0.15) is 194 Å². The van der Waals surface area contributed by atoms with E-state index in [1.165, 1.54) is 116 Å². The predicted octanol–water partition coefficient (Wildman–Crippen LogP) is 11.2. The molecule has 0 amide bonds. The summed E-state index contributed by atoms with van der Waals surface area (Å²) in [5, 5.41) is 0. The number of hydrogen-bond donors (Lipinski definition) is 0. The summed E-state index contributed by atoms with van der Waals surface area (Å²) in [5.41, 5.74) is 0. The van der Waals surface area contributed by atoms with E-state index in [2.05, 4.69) is 26.0 Å². The van der Waals surface area contributed by atoms with Gasteiger partial charge < -0.3 is 27.9 Å². The molecule has 308 valence electrons. The number of esters is 2. The van der Waals surface area contributed by atoms with E-state index in [-0.39, 0.29) is 26.1 Å². The molecular formula is C42H82NO8P. The Morgan fingerprint density at radius 3 is 1.44 bits per heavy atom. The Hall–Kier alpha value is -1.25. The number of nitrogens with zero attached hydrogens (tertiary/aromatic N) is 1. The van der Waals surface area contributed by atoms with Crippen molar-refractivity contribution in [3.63, 3.8) is 0 Å². The molecule has 0 saturated carbocycles. The number of phosphoric ester groups is 1. The van der Waals surface area contributed by atoms with Crippen molar-refractivity contribution < 1.29 is 42.1 Å². The highest BCUT2D eigenvalue weighted by molar-refractivity contribution is 7.45. The average Bonchev–Trinajstić information content (AvgIpc) is 3.09. The summed E-state index contributed by atoms with van der Waals surface area (Å²) in [4.78, 5) is 37.4. The first-order chi connectivity index (χ1) is 25.0. The molecule has 0 aromatic rings. The molecule has 52 heavy (non-hydrogen) atoms. The summed E-state index contributed by atoms with van der Waals surface area (Å²) in [5.74, 6) is -0.845. The predicted molar refractivity (Wildman–Crippen MR) is 213 cm³/mol. The van der Waals surface area contributed by atoms with Gasteiger partial charge in [-0.15, -0.1) is 0 Å². The third kappa shape index (κ3) is 38.5. The molecule has 0 bridgehead atoms. The van der Waals surface area contributed by atoms with E-state index < -0.39 is 32.5 Å². The van der Waals surface area contributed by atoms with E-state index in [9.17, 15) is 19.0 Å². The molecule has 0 spiro atoms. The van der Waals surface area contributed by atoms with Crippen molar-refractivity contribution in [1.82, 2.24) is 0 Å². The first kappa shape index (κ1) is 50.8. The zero-order valence-corrected chi connectivity index (χ0v) is 35.4. The van der Waals surface area contributed by atoms with Crippen molar-refractivity contribution in [2.45, 2.75) is 200 Å². The molecule has 0 heterocycles. The average molecular weight is 760 g/mol. The Morgan fingerprint density at radius 2 is 0.981 bits per heavy atom. The number of hydrogen-bond acceptors (Lipinski definition) is 8. The zero-order valence-electron chi connectivity index (χ0n) is 34.5. The molecule has 0 N–H and O–H groups in total. The molecule has 2 atom stereocenters. The van der Waals surface area contributed by atoms with E-state index >= 15 is 0 Å². The highest BCUT2D eigenvalue weighted by atomic mass is 31.2. The highest BCUT2D eigenvalue weighted by Crippen LogP contribution is 2.38. The summed E-state index contributed by atoms with van der Waals surface area (Å²) in [6.45, 7) is 4.21. The molecule has 0 saturated heterocycles. The second kappa shape index (κ2) is 35.5. The monoisotopic (exact) mass is 760 g/mol. The van der Waals surface area contributed by atoms with Crippen LogP contribution < -0.4 is 4.89 Å². The maximum Gasteiger partial charge on any atom is 0.306 e. The fraction of sp³-hybridized carbons (Fsp3) is 0.905. The lowest BCUT2D eigenvalue weighted by Crippen LogP contribution is -2.37. The number of carbonyl (C=O) groups is 2. The van der Waals surface area contributed by atoms with Crippen LogP contribution in [0.3, 0.4) is 0 Å². The molecule has 2 unspecified atom stereocenters. The van der Waals surface area contributed by atoms with E-state index in [0.717, 1.165) is 38.5 Å². The number of allylic oxidation sites excluding steroid dienone is 2. The Kier molecular flexibility index (Phi) is 34.6. The Morgan fingerprint density at radius 1 is 0.577 bits per heavy atom. The molecule has 0 fully saturated rings. The standard InChI is InChI=1S/C42H82NO8P/c1-6-8-10-12-14-16-18-20-21-23-25-27-29-31-33-35-42(45)51-40(39-50-52(46,47)49-37-36-43(3,4)5)38-48-41(44)34-32-30-28-26-24-22-19-17-15-13-11-9-7-2/h22,24,40H,6-21,23,25-39H2,1-5H3/b24-22-. The summed E-state index contributed by atoms with van der Waals surface area (Å²) in [7, 11) is 1.17. The first-order valence-corrected chi connectivity index (χ1v) is 22.9. The van der Waals surface area contributed by atoms with E-state index in [0.29, 0.717) is 23.9 Å². The number of unbranched alkanes of at least 4 members (excludes halogenated alkanes) is 23. The van der Waals surface area contributed by atoms with Crippen LogP contribution in [0.25, 0.3) is 0 Å². The van der Waals surface area contributed by atoms with Crippen molar-refractivity contribution in [3.8, 4) is 0 Å². The number of rotatable bonds is 39. The van der Waals surface area contributed by atoms with Crippen molar-refractivity contribution >= 4 is 19.8 Å². The van der Waals surface area contributed by atoms with Crippen LogP contribution in [-0.2, 0) is 32.7 Å². The van der Waals surface area contributed by atoms with Crippen LogP contribution in [-0.4, -0.2) is 70.0 Å². The summed E-state index contributed by atoms with van der Waals surface area (Å²) in [6, 6.07) is 0. The second-order valence-corrected chi connectivity index (χ2v) is 17.1. The highest BCUT2D eigenvalue weighted by Gasteiger charge is 2.21. The van der Waals surface area contributed by atoms with Crippen molar-refractivity contribution in [2.24, 2.45) is 0 Å². The summed E-state index contributed by atoms with van der Waals surface area (Å²) < 4.78 is 33.8. The van der Waals surface area contributed by atoms with Crippen LogP contribution in [0.15, 0.2) is 12.2 Å². The van der Waals surface area contributed by atoms with Crippen LogP contribution in [0.5, 0.6) is 0 Å². The molecule has 9 nitrogen and oxygen atoms in total. The van der Waals surface area contributed by atoms with Crippen molar-refractivity contribution in [2.75, 3.05) is 47.5 Å². The summed E-state index contributed by atoms with van der Waals surface area (Å²) in [6.07, 6.45) is 35.2. The van der Waals surface area contributed by atoms with Crippen LogP contribution in [0.4, 0.5) is 0 Å². The van der Waals surface area contributed by atoms with Gasteiger partial charge in [-0.05, 0) is 38.5 Å². The maximum atomic E-state index is 12.6. The Bertz CT molecular complexity index is 907. The fourth-order valence-electron chi connectivity index (χ4n) is 5.88. The zero-order chi connectivity index (χ0) is 38.6. The smallest absolute Gasteiger partial charge is 0.306 e. The fourth-order valence-corrected chi connectivity index (χ4v) is 6.61.